The Morgan fingerprint density at radius 2 is 1.75 bits per heavy atom. The topological polar surface area (TPSA) is 44.5 Å². The van der Waals surface area contributed by atoms with Gasteiger partial charge in [0, 0.05) is 0 Å². The number of ether oxygens (including phenoxy) is 2. The van der Waals surface area contributed by atoms with Gasteiger partial charge in [-0.1, -0.05) is 6.07 Å². The largest absolute Gasteiger partial charge is 0.493 e. The number of alkyl halides is 5. The molecule has 1 atom stereocenters. The van der Waals surface area contributed by atoms with E-state index in [0.717, 1.165) is 12.1 Å². The molecule has 0 spiro atoms. The molecular weight excluding hydrogens is 285 g/mol. The number of methoxy groups -OCH3 is 1. The summed E-state index contributed by atoms with van der Waals surface area (Å²) in [4.78, 5) is 0. The molecule has 1 rings (SSSR count). The van der Waals surface area contributed by atoms with Crippen molar-refractivity contribution in [1.29, 1.82) is 0 Å². The van der Waals surface area contributed by atoms with Crippen LogP contribution in [0.5, 0.6) is 11.5 Å². The third kappa shape index (κ3) is 3.12. The van der Waals surface area contributed by atoms with Gasteiger partial charge in [-0.2, -0.15) is 22.0 Å². The first-order valence-electron chi connectivity index (χ1n) is 5.66. The van der Waals surface area contributed by atoms with Crippen molar-refractivity contribution in [2.75, 3.05) is 13.7 Å². The highest BCUT2D eigenvalue weighted by Crippen LogP contribution is 2.44. The summed E-state index contributed by atoms with van der Waals surface area (Å²) in [6.45, 7) is 1.83. The van der Waals surface area contributed by atoms with Gasteiger partial charge in [0.1, 0.15) is 6.04 Å². The molecule has 0 saturated carbocycles. The fourth-order valence-electron chi connectivity index (χ4n) is 1.54. The minimum absolute atomic E-state index is 0.0564. The summed E-state index contributed by atoms with van der Waals surface area (Å²) in [6.07, 6.45) is -5.72. The van der Waals surface area contributed by atoms with E-state index >= 15 is 0 Å². The van der Waals surface area contributed by atoms with Gasteiger partial charge in [0.05, 0.1) is 13.7 Å². The molecule has 0 aromatic heterocycles. The third-order valence-corrected chi connectivity index (χ3v) is 2.62. The van der Waals surface area contributed by atoms with Crippen molar-refractivity contribution in [3.63, 3.8) is 0 Å². The van der Waals surface area contributed by atoms with Gasteiger partial charge in [-0.05, 0) is 24.6 Å². The number of nitrogens with two attached hydrogens (primary N) is 1. The van der Waals surface area contributed by atoms with Crippen LogP contribution in [0.3, 0.4) is 0 Å². The summed E-state index contributed by atoms with van der Waals surface area (Å²) in [5.41, 5.74) is 4.66. The molecule has 0 unspecified atom stereocenters. The first-order valence-corrected chi connectivity index (χ1v) is 5.66. The summed E-state index contributed by atoms with van der Waals surface area (Å²) in [6, 6.07) is 0.776. The van der Waals surface area contributed by atoms with E-state index in [2.05, 4.69) is 0 Å². The lowest BCUT2D eigenvalue weighted by molar-refractivity contribution is -0.291. The van der Waals surface area contributed by atoms with Gasteiger partial charge in [0.15, 0.2) is 11.5 Å². The quantitative estimate of drug-likeness (QED) is 0.849. The third-order valence-electron chi connectivity index (χ3n) is 2.62. The van der Waals surface area contributed by atoms with Crippen LogP contribution >= 0.6 is 0 Å². The lowest BCUT2D eigenvalue weighted by atomic mass is 10.0. The average Bonchev–Trinajstić information content (AvgIpc) is 2.36. The Morgan fingerprint density at radius 3 is 2.20 bits per heavy atom. The van der Waals surface area contributed by atoms with Gasteiger partial charge in [0.2, 0.25) is 0 Å². The van der Waals surface area contributed by atoms with E-state index in [1.165, 1.54) is 13.2 Å². The molecule has 0 saturated heterocycles. The lowest BCUT2D eigenvalue weighted by Gasteiger charge is -2.26. The Hall–Kier alpha value is -1.57. The van der Waals surface area contributed by atoms with Crippen molar-refractivity contribution >= 4 is 0 Å². The molecule has 0 bridgehead atoms. The smallest absolute Gasteiger partial charge is 0.455 e. The second kappa shape index (κ2) is 5.82. The van der Waals surface area contributed by atoms with Crippen LogP contribution in [0.15, 0.2) is 18.2 Å². The average molecular weight is 299 g/mol. The molecular formula is C12H14F5NO2. The van der Waals surface area contributed by atoms with Gasteiger partial charge in [-0.15, -0.1) is 0 Å². The maximum Gasteiger partial charge on any atom is 0.455 e. The fraction of sp³-hybridized carbons (Fsp3) is 0.500. The second-order valence-electron chi connectivity index (χ2n) is 3.94. The number of hydrogen-bond donors (Lipinski definition) is 1. The SMILES string of the molecule is CCOc1cc([C@H](N)C(F)(F)C(F)(F)F)ccc1OC. The summed E-state index contributed by atoms with van der Waals surface area (Å²) in [5, 5.41) is 0. The maximum atomic E-state index is 13.2. The zero-order valence-corrected chi connectivity index (χ0v) is 10.8. The number of rotatable bonds is 5. The Kier molecular flexibility index (Phi) is 4.80. The summed E-state index contributed by atoms with van der Waals surface area (Å²) in [7, 11) is 1.32. The maximum absolute atomic E-state index is 13.2. The Labute approximate surface area is 112 Å². The second-order valence-corrected chi connectivity index (χ2v) is 3.94. The van der Waals surface area contributed by atoms with E-state index in [1.807, 2.05) is 0 Å². The van der Waals surface area contributed by atoms with Gasteiger partial charge in [0.25, 0.3) is 0 Å². The van der Waals surface area contributed by atoms with Crippen molar-refractivity contribution in [3.8, 4) is 11.5 Å². The van der Waals surface area contributed by atoms with E-state index in [9.17, 15) is 22.0 Å². The Bertz CT molecular complexity index is 462. The van der Waals surface area contributed by atoms with Crippen LogP contribution in [0.1, 0.15) is 18.5 Å². The van der Waals surface area contributed by atoms with Crippen LogP contribution in [0.25, 0.3) is 0 Å². The summed E-state index contributed by atoms with van der Waals surface area (Å²) < 4.78 is 73.2. The van der Waals surface area contributed by atoms with Gasteiger partial charge in [-0.25, -0.2) is 0 Å². The minimum atomic E-state index is -5.72. The molecule has 20 heavy (non-hydrogen) atoms. The molecule has 0 aliphatic heterocycles. The summed E-state index contributed by atoms with van der Waals surface area (Å²) >= 11 is 0. The van der Waals surface area contributed by atoms with E-state index in [4.69, 9.17) is 15.2 Å². The molecule has 1 aromatic carbocycles. The lowest BCUT2D eigenvalue weighted by Crippen LogP contribution is -2.45. The molecule has 0 aliphatic carbocycles. The zero-order valence-electron chi connectivity index (χ0n) is 10.8. The molecule has 8 heteroatoms. The summed E-state index contributed by atoms with van der Waals surface area (Å²) in [5.74, 6) is -4.76. The van der Waals surface area contributed by atoms with Crippen molar-refractivity contribution in [3.05, 3.63) is 23.8 Å². The van der Waals surface area contributed by atoms with Crippen LogP contribution in [0.2, 0.25) is 0 Å². The van der Waals surface area contributed by atoms with E-state index in [1.54, 1.807) is 6.92 Å². The molecule has 3 nitrogen and oxygen atoms in total. The first-order chi connectivity index (χ1) is 9.15. The molecule has 2 N–H and O–H groups in total. The molecule has 0 aliphatic rings. The van der Waals surface area contributed by atoms with Gasteiger partial charge in [-0.3, -0.25) is 0 Å². The Morgan fingerprint density at radius 1 is 1.15 bits per heavy atom. The molecule has 0 fully saturated rings. The predicted octanol–water partition coefficient (Wildman–Crippen LogP) is 3.29. The monoisotopic (exact) mass is 299 g/mol. The van der Waals surface area contributed by atoms with Crippen molar-refractivity contribution in [2.24, 2.45) is 5.73 Å². The standard InChI is InChI=1S/C12H14F5NO2/c1-3-20-9-6-7(4-5-8(9)19-2)10(18)11(13,14)12(15,16)17/h4-6,10H,3,18H2,1-2H3/t10-/m0/s1. The predicted molar refractivity (Wildman–Crippen MR) is 62.1 cm³/mol. The van der Waals surface area contributed by atoms with Gasteiger partial charge < -0.3 is 15.2 Å². The highest BCUT2D eigenvalue weighted by atomic mass is 19.4. The van der Waals surface area contributed by atoms with Crippen LogP contribution in [0, 0.1) is 0 Å². The fourth-order valence-corrected chi connectivity index (χ4v) is 1.54. The minimum Gasteiger partial charge on any atom is -0.493 e. The van der Waals surface area contributed by atoms with Crippen molar-refractivity contribution < 1.29 is 31.4 Å². The zero-order chi connectivity index (χ0) is 15.6. The Balaban J connectivity index is 3.17. The molecule has 1 aromatic rings. The normalized spacial score (nSPS) is 14.0. The molecule has 0 heterocycles. The van der Waals surface area contributed by atoms with E-state index in [-0.39, 0.29) is 18.1 Å². The number of benzene rings is 1. The van der Waals surface area contributed by atoms with Crippen LogP contribution in [0.4, 0.5) is 22.0 Å². The first kappa shape index (κ1) is 16.5. The van der Waals surface area contributed by atoms with E-state index in [0.29, 0.717) is 0 Å². The van der Waals surface area contributed by atoms with E-state index < -0.39 is 23.7 Å². The molecule has 0 amide bonds. The van der Waals surface area contributed by atoms with Crippen LogP contribution in [-0.4, -0.2) is 25.8 Å². The molecule has 0 radical (unpaired) electrons. The highest BCUT2D eigenvalue weighted by molar-refractivity contribution is 5.44. The van der Waals surface area contributed by atoms with Crippen LogP contribution < -0.4 is 15.2 Å². The van der Waals surface area contributed by atoms with Crippen molar-refractivity contribution in [1.82, 2.24) is 0 Å². The number of hydrogen-bond acceptors (Lipinski definition) is 3. The highest BCUT2D eigenvalue weighted by Gasteiger charge is 2.61. The van der Waals surface area contributed by atoms with Crippen LogP contribution in [-0.2, 0) is 0 Å². The number of halogens is 5. The molecule has 114 valence electrons. The van der Waals surface area contributed by atoms with Gasteiger partial charge >= 0.3 is 12.1 Å². The van der Waals surface area contributed by atoms with Crippen molar-refractivity contribution in [2.45, 2.75) is 25.1 Å².